The molecule has 0 aromatic rings. The van der Waals surface area contributed by atoms with Crippen LogP contribution in [0.4, 0.5) is 0 Å². The van der Waals surface area contributed by atoms with Gasteiger partial charge in [0.05, 0.1) is 24.7 Å². The first-order valence-electron chi connectivity index (χ1n) is 7.24. The minimum Gasteiger partial charge on any atom is -0.481 e. The normalized spacial score (nSPS) is 25.5. The van der Waals surface area contributed by atoms with Crippen molar-refractivity contribution in [2.24, 2.45) is 11.8 Å². The van der Waals surface area contributed by atoms with E-state index in [2.05, 4.69) is 5.32 Å². The van der Waals surface area contributed by atoms with Crippen LogP contribution in [0, 0.1) is 11.8 Å². The molecule has 1 saturated carbocycles. The van der Waals surface area contributed by atoms with Gasteiger partial charge in [0.2, 0.25) is 0 Å². The van der Waals surface area contributed by atoms with Crippen molar-refractivity contribution in [1.82, 2.24) is 5.32 Å². The van der Waals surface area contributed by atoms with Crippen molar-refractivity contribution in [3.05, 3.63) is 0 Å². The van der Waals surface area contributed by atoms with E-state index in [0.29, 0.717) is 19.7 Å². The Morgan fingerprint density at radius 2 is 2.05 bits per heavy atom. The zero-order chi connectivity index (χ0) is 14.3. The van der Waals surface area contributed by atoms with Gasteiger partial charge in [-0.2, -0.15) is 0 Å². The molecule has 3 unspecified atom stereocenters. The highest BCUT2D eigenvalue weighted by Gasteiger charge is 2.30. The molecule has 0 aromatic carbocycles. The van der Waals surface area contributed by atoms with Crippen molar-refractivity contribution >= 4 is 5.97 Å². The highest BCUT2D eigenvalue weighted by atomic mass is 16.5. The van der Waals surface area contributed by atoms with E-state index in [1.807, 2.05) is 13.8 Å². The Hall–Kier alpha value is -0.650. The first-order chi connectivity index (χ1) is 9.00. The number of aliphatic carboxylic acids is 1. The number of hydrogen-bond acceptors (Lipinski definition) is 4. The third-order valence-corrected chi connectivity index (χ3v) is 3.63. The summed E-state index contributed by atoms with van der Waals surface area (Å²) in [6, 6.07) is 0. The fourth-order valence-electron chi connectivity index (χ4n) is 2.57. The molecule has 5 heteroatoms. The van der Waals surface area contributed by atoms with Crippen LogP contribution in [-0.4, -0.2) is 48.1 Å². The van der Waals surface area contributed by atoms with Crippen LogP contribution in [0.1, 0.15) is 39.5 Å². The van der Waals surface area contributed by atoms with Gasteiger partial charge in [-0.25, -0.2) is 0 Å². The van der Waals surface area contributed by atoms with Crippen LogP contribution in [-0.2, 0) is 9.53 Å². The van der Waals surface area contributed by atoms with Crippen molar-refractivity contribution in [3.63, 3.8) is 0 Å². The number of ether oxygens (including phenoxy) is 1. The predicted octanol–water partition coefficient (Wildman–Crippen LogP) is 1.25. The van der Waals surface area contributed by atoms with Gasteiger partial charge in [-0.3, -0.25) is 4.79 Å². The molecule has 112 valence electrons. The van der Waals surface area contributed by atoms with Crippen molar-refractivity contribution in [2.45, 2.75) is 51.7 Å². The third-order valence-electron chi connectivity index (χ3n) is 3.63. The zero-order valence-corrected chi connectivity index (χ0v) is 12.0. The predicted molar refractivity (Wildman–Crippen MR) is 73.0 cm³/mol. The largest absolute Gasteiger partial charge is 0.481 e. The minimum atomic E-state index is -0.685. The van der Waals surface area contributed by atoms with Crippen molar-refractivity contribution in [3.8, 4) is 0 Å². The molecule has 0 bridgehead atoms. The highest BCUT2D eigenvalue weighted by Crippen LogP contribution is 2.29. The summed E-state index contributed by atoms with van der Waals surface area (Å²) in [5, 5.41) is 22.0. The lowest BCUT2D eigenvalue weighted by Gasteiger charge is -2.29. The minimum absolute atomic E-state index is 0.115. The standard InChI is InChI=1S/C14H27NO4/c1-10(2)19-9-12(16)8-15-7-11-5-3-4-6-13(11)14(17)18/h10-13,15-16H,3-9H2,1-2H3,(H,17,18). The molecule has 0 amide bonds. The highest BCUT2D eigenvalue weighted by molar-refractivity contribution is 5.70. The maximum absolute atomic E-state index is 11.1. The van der Waals surface area contributed by atoms with Crippen LogP contribution >= 0.6 is 0 Å². The Balaban J connectivity index is 2.21. The van der Waals surface area contributed by atoms with E-state index >= 15 is 0 Å². The maximum Gasteiger partial charge on any atom is 0.306 e. The molecule has 1 fully saturated rings. The van der Waals surface area contributed by atoms with Crippen LogP contribution in [0.2, 0.25) is 0 Å². The summed E-state index contributed by atoms with van der Waals surface area (Å²) in [5.41, 5.74) is 0. The Labute approximate surface area is 115 Å². The van der Waals surface area contributed by atoms with Gasteiger partial charge in [-0.05, 0) is 39.2 Å². The maximum atomic E-state index is 11.1. The van der Waals surface area contributed by atoms with Crippen molar-refractivity contribution in [1.29, 1.82) is 0 Å². The summed E-state index contributed by atoms with van der Waals surface area (Å²) in [5.74, 6) is -0.732. The van der Waals surface area contributed by atoms with Gasteiger partial charge in [-0.1, -0.05) is 12.8 Å². The van der Waals surface area contributed by atoms with E-state index in [1.165, 1.54) is 0 Å². The van der Waals surface area contributed by atoms with Gasteiger partial charge in [0, 0.05) is 6.54 Å². The summed E-state index contributed by atoms with van der Waals surface area (Å²) in [7, 11) is 0. The van der Waals surface area contributed by atoms with Gasteiger partial charge in [-0.15, -0.1) is 0 Å². The van der Waals surface area contributed by atoms with E-state index in [0.717, 1.165) is 25.7 Å². The van der Waals surface area contributed by atoms with Crippen LogP contribution in [0.15, 0.2) is 0 Å². The van der Waals surface area contributed by atoms with Gasteiger partial charge >= 0.3 is 5.97 Å². The molecule has 1 aliphatic rings. The number of aliphatic hydroxyl groups excluding tert-OH is 1. The van der Waals surface area contributed by atoms with E-state index in [4.69, 9.17) is 9.84 Å². The Bertz CT molecular complexity index is 270. The molecular weight excluding hydrogens is 246 g/mol. The molecular formula is C14H27NO4. The molecule has 0 saturated heterocycles. The van der Waals surface area contributed by atoms with Crippen molar-refractivity contribution in [2.75, 3.05) is 19.7 Å². The van der Waals surface area contributed by atoms with E-state index in [-0.39, 0.29) is 17.9 Å². The van der Waals surface area contributed by atoms with Crippen LogP contribution in [0.3, 0.4) is 0 Å². The second-order valence-corrected chi connectivity index (χ2v) is 5.68. The fraction of sp³-hybridized carbons (Fsp3) is 0.929. The third kappa shape index (κ3) is 6.36. The lowest BCUT2D eigenvalue weighted by Crippen LogP contribution is -2.38. The van der Waals surface area contributed by atoms with Gasteiger partial charge in [0.1, 0.15) is 0 Å². The van der Waals surface area contributed by atoms with Crippen LogP contribution in [0.5, 0.6) is 0 Å². The van der Waals surface area contributed by atoms with E-state index in [1.54, 1.807) is 0 Å². The number of carboxylic acids is 1. The molecule has 0 spiro atoms. The number of nitrogens with one attached hydrogen (secondary N) is 1. The second-order valence-electron chi connectivity index (χ2n) is 5.68. The number of carbonyl (C=O) groups is 1. The topological polar surface area (TPSA) is 78.8 Å². The first-order valence-corrected chi connectivity index (χ1v) is 7.24. The first kappa shape index (κ1) is 16.4. The molecule has 1 aliphatic carbocycles. The molecule has 0 radical (unpaired) electrons. The zero-order valence-electron chi connectivity index (χ0n) is 12.0. The molecule has 19 heavy (non-hydrogen) atoms. The van der Waals surface area contributed by atoms with E-state index < -0.39 is 12.1 Å². The Morgan fingerprint density at radius 1 is 1.37 bits per heavy atom. The number of hydrogen-bond donors (Lipinski definition) is 3. The fourth-order valence-corrected chi connectivity index (χ4v) is 2.57. The Morgan fingerprint density at radius 3 is 2.68 bits per heavy atom. The SMILES string of the molecule is CC(C)OCC(O)CNCC1CCCCC1C(=O)O. The molecule has 1 rings (SSSR count). The smallest absolute Gasteiger partial charge is 0.306 e. The molecule has 0 aromatic heterocycles. The van der Waals surface area contributed by atoms with Gasteiger partial charge in [0.15, 0.2) is 0 Å². The number of carboxylic acid groups (broad SMARTS) is 1. The lowest BCUT2D eigenvalue weighted by molar-refractivity contribution is -0.144. The van der Waals surface area contributed by atoms with Crippen LogP contribution in [0.25, 0.3) is 0 Å². The summed E-state index contributed by atoms with van der Waals surface area (Å²) >= 11 is 0. The van der Waals surface area contributed by atoms with Crippen molar-refractivity contribution < 1.29 is 19.7 Å². The van der Waals surface area contributed by atoms with E-state index in [9.17, 15) is 9.90 Å². The van der Waals surface area contributed by atoms with Gasteiger partial charge in [0.25, 0.3) is 0 Å². The summed E-state index contributed by atoms with van der Waals surface area (Å²) in [4.78, 5) is 11.1. The lowest BCUT2D eigenvalue weighted by atomic mass is 9.79. The number of aliphatic hydroxyl groups is 1. The molecule has 5 nitrogen and oxygen atoms in total. The quantitative estimate of drug-likeness (QED) is 0.620. The van der Waals surface area contributed by atoms with Gasteiger partial charge < -0.3 is 20.3 Å². The number of rotatable bonds is 8. The molecule has 3 N–H and O–H groups in total. The summed E-state index contributed by atoms with van der Waals surface area (Å²) in [6.07, 6.45) is 3.44. The molecule has 0 heterocycles. The average Bonchev–Trinajstić information content (AvgIpc) is 2.36. The molecule has 0 aliphatic heterocycles. The monoisotopic (exact) mass is 273 g/mol. The average molecular weight is 273 g/mol. The second kappa shape index (κ2) is 8.51. The summed E-state index contributed by atoms with van der Waals surface area (Å²) in [6.45, 7) is 5.29. The Kier molecular flexibility index (Phi) is 7.34. The van der Waals surface area contributed by atoms with Crippen LogP contribution < -0.4 is 5.32 Å². The summed E-state index contributed by atoms with van der Waals surface area (Å²) < 4.78 is 5.32. The molecule has 3 atom stereocenters.